The highest BCUT2D eigenvalue weighted by molar-refractivity contribution is 5.45. The molecule has 3 rings (SSSR count). The lowest BCUT2D eigenvalue weighted by molar-refractivity contribution is 0.300. The largest absolute Gasteiger partial charge is 0.290 e. The summed E-state index contributed by atoms with van der Waals surface area (Å²) >= 11 is 0. The number of anilines is 4. The third-order valence-corrected chi connectivity index (χ3v) is 3.87. The zero-order valence-electron chi connectivity index (χ0n) is 18.1. The molecule has 0 aliphatic heterocycles. The van der Waals surface area contributed by atoms with Gasteiger partial charge in [-0.2, -0.15) is 9.97 Å². The van der Waals surface area contributed by atoms with E-state index in [1.54, 1.807) is 10.0 Å². The van der Waals surface area contributed by atoms with Gasteiger partial charge in [0, 0.05) is 26.2 Å². The number of nitrogens with one attached hydrogen (secondary N) is 4. The summed E-state index contributed by atoms with van der Waals surface area (Å²) in [6, 6.07) is 0. The Bertz CT molecular complexity index is 916. The third kappa shape index (κ3) is 6.31. The van der Waals surface area contributed by atoms with Crippen LogP contribution in [0.15, 0.2) is 20.7 Å². The molecule has 0 amide bonds. The molecular weight excluding hydrogens is 420 g/mol. The van der Waals surface area contributed by atoms with Gasteiger partial charge in [0.15, 0.2) is 0 Å². The molecule has 0 fully saturated rings. The van der Waals surface area contributed by atoms with E-state index in [0.717, 1.165) is 26.2 Å². The molecule has 3 aromatic heterocycles. The summed E-state index contributed by atoms with van der Waals surface area (Å²) in [4.78, 5) is 8.24. The Morgan fingerprint density at radius 2 is 1.03 bits per heavy atom. The van der Waals surface area contributed by atoms with E-state index < -0.39 is 0 Å². The molecule has 0 aromatic carbocycles. The van der Waals surface area contributed by atoms with Gasteiger partial charge in [0.25, 0.3) is 23.8 Å². The van der Waals surface area contributed by atoms with Gasteiger partial charge in [0.2, 0.25) is 11.9 Å². The number of H-pyrrole nitrogens is 2. The third-order valence-electron chi connectivity index (χ3n) is 3.87. The molecule has 0 aliphatic rings. The van der Waals surface area contributed by atoms with Crippen molar-refractivity contribution in [3.8, 4) is 0 Å². The van der Waals surface area contributed by atoms with Crippen LogP contribution < -0.4 is 10.6 Å². The Labute approximate surface area is 182 Å². The molecule has 3 aromatic rings. The van der Waals surface area contributed by atoms with Crippen LogP contribution >= 0.6 is 0 Å². The van der Waals surface area contributed by atoms with Crippen molar-refractivity contribution in [2.24, 2.45) is 20.7 Å². The van der Waals surface area contributed by atoms with E-state index in [-0.39, 0.29) is 35.7 Å². The Hall–Kier alpha value is -4.38. The zero-order valence-corrected chi connectivity index (χ0v) is 18.1. The highest BCUT2D eigenvalue weighted by atomic mass is 15.6. The van der Waals surface area contributed by atoms with E-state index in [1.807, 2.05) is 27.7 Å². The van der Waals surface area contributed by atoms with Gasteiger partial charge in [-0.25, -0.2) is 10.2 Å². The first-order valence-corrected chi connectivity index (χ1v) is 9.92. The number of rotatable bonds is 12. The maximum atomic E-state index is 4.12. The molecule has 0 aliphatic carbocycles. The normalized spacial score (nSPS) is 11.4. The van der Waals surface area contributed by atoms with Gasteiger partial charge in [-0.15, -0.1) is 30.6 Å². The van der Waals surface area contributed by atoms with Crippen LogP contribution in [0.5, 0.6) is 0 Å². The van der Waals surface area contributed by atoms with E-state index >= 15 is 0 Å². The standard InChI is InChI=1S/C14H24N18/c1-5-31(6-2)29-27-13-17-9(19-25-13)15-11-21-23-12(24-22-11)16-10-18-14(26-20-10)28-30-32(7-3)8-4/h5-8H2,1-4H3,(H2,15,17,19,21,22,25)(H2,16,18,20,23,24,26)/b29-27+,30-28+. The van der Waals surface area contributed by atoms with E-state index in [9.17, 15) is 0 Å². The zero-order chi connectivity index (χ0) is 22.8. The van der Waals surface area contributed by atoms with E-state index in [0.29, 0.717) is 0 Å². The minimum Gasteiger partial charge on any atom is -0.290 e. The summed E-state index contributed by atoms with van der Waals surface area (Å²) in [7, 11) is 0. The lowest BCUT2D eigenvalue weighted by Crippen LogP contribution is -2.14. The fourth-order valence-corrected chi connectivity index (χ4v) is 2.16. The van der Waals surface area contributed by atoms with Crippen molar-refractivity contribution in [1.29, 1.82) is 0 Å². The Morgan fingerprint density at radius 1 is 0.656 bits per heavy atom. The number of aromatic nitrogens is 10. The second-order valence-corrected chi connectivity index (χ2v) is 5.92. The summed E-state index contributed by atoms with van der Waals surface area (Å²) in [5.41, 5.74) is 0. The Balaban J connectivity index is 1.55. The van der Waals surface area contributed by atoms with Crippen molar-refractivity contribution in [3.63, 3.8) is 0 Å². The summed E-state index contributed by atoms with van der Waals surface area (Å²) in [5, 5.41) is 53.9. The predicted octanol–water partition coefficient (Wildman–Crippen LogP) is 1.67. The van der Waals surface area contributed by atoms with Gasteiger partial charge in [-0.1, -0.05) is 20.7 Å². The molecule has 4 N–H and O–H groups in total. The lowest BCUT2D eigenvalue weighted by Gasteiger charge is -2.10. The van der Waals surface area contributed by atoms with Crippen molar-refractivity contribution in [1.82, 2.24) is 60.8 Å². The van der Waals surface area contributed by atoms with Gasteiger partial charge in [-0.3, -0.25) is 20.7 Å². The lowest BCUT2D eigenvalue weighted by atomic mass is 10.6. The second-order valence-electron chi connectivity index (χ2n) is 5.92. The maximum Gasteiger partial charge on any atom is 0.290 e. The van der Waals surface area contributed by atoms with Gasteiger partial charge in [-0.05, 0) is 27.7 Å². The molecule has 0 atom stereocenters. The fraction of sp³-hybridized carbons (Fsp3) is 0.571. The van der Waals surface area contributed by atoms with Crippen molar-refractivity contribution in [2.75, 3.05) is 36.8 Å². The Morgan fingerprint density at radius 3 is 1.38 bits per heavy atom. The summed E-state index contributed by atoms with van der Waals surface area (Å²) in [6.45, 7) is 10.8. The molecule has 0 spiro atoms. The summed E-state index contributed by atoms with van der Waals surface area (Å²) < 4.78 is 0. The number of hydrogen-bond donors (Lipinski definition) is 4. The van der Waals surface area contributed by atoms with Crippen LogP contribution in [0, 0.1) is 0 Å². The van der Waals surface area contributed by atoms with Crippen LogP contribution in [-0.2, 0) is 0 Å². The molecule has 0 saturated carbocycles. The smallest absolute Gasteiger partial charge is 0.290 e. The van der Waals surface area contributed by atoms with Gasteiger partial charge >= 0.3 is 0 Å². The minimum absolute atomic E-state index is 0.102. The average molecular weight is 444 g/mol. The van der Waals surface area contributed by atoms with Crippen LogP contribution in [0.3, 0.4) is 0 Å². The van der Waals surface area contributed by atoms with Crippen molar-refractivity contribution in [2.45, 2.75) is 27.7 Å². The molecule has 18 heteroatoms. The number of hydrogen-bond acceptors (Lipinski definition) is 14. The van der Waals surface area contributed by atoms with Gasteiger partial charge in [0.05, 0.1) is 0 Å². The summed E-state index contributed by atoms with van der Waals surface area (Å²) in [5.74, 6) is 1.06. The molecule has 0 saturated heterocycles. The first-order chi connectivity index (χ1) is 15.6. The molecule has 0 bridgehead atoms. The highest BCUT2D eigenvalue weighted by Gasteiger charge is 2.09. The van der Waals surface area contributed by atoms with Crippen LogP contribution in [0.25, 0.3) is 0 Å². The molecule has 32 heavy (non-hydrogen) atoms. The van der Waals surface area contributed by atoms with Gasteiger partial charge < -0.3 is 0 Å². The van der Waals surface area contributed by atoms with Crippen LogP contribution in [0.1, 0.15) is 27.7 Å². The van der Waals surface area contributed by atoms with Crippen LogP contribution in [0.4, 0.5) is 35.7 Å². The summed E-state index contributed by atoms with van der Waals surface area (Å²) in [6.07, 6.45) is 0. The van der Waals surface area contributed by atoms with E-state index in [2.05, 4.69) is 82.1 Å². The molecule has 170 valence electrons. The molecule has 0 radical (unpaired) electrons. The number of aromatic amines is 2. The quantitative estimate of drug-likeness (QED) is 0.232. The van der Waals surface area contributed by atoms with E-state index in [1.165, 1.54) is 0 Å². The molecule has 3 heterocycles. The first kappa shape index (κ1) is 22.3. The predicted molar refractivity (Wildman–Crippen MR) is 112 cm³/mol. The van der Waals surface area contributed by atoms with E-state index in [4.69, 9.17) is 0 Å². The first-order valence-electron chi connectivity index (χ1n) is 9.92. The topological polar surface area (TPSA) is 215 Å². The minimum atomic E-state index is 0.102. The van der Waals surface area contributed by atoms with Crippen LogP contribution in [-0.4, -0.2) is 87.0 Å². The van der Waals surface area contributed by atoms with Crippen LogP contribution in [0.2, 0.25) is 0 Å². The maximum absolute atomic E-state index is 4.12. The number of nitrogens with zero attached hydrogens (tertiary/aromatic N) is 14. The van der Waals surface area contributed by atoms with Gasteiger partial charge in [0.1, 0.15) is 0 Å². The monoisotopic (exact) mass is 444 g/mol. The SMILES string of the molecule is CCN(CC)/N=N/c1n[nH]c(Nc2nnc(Nc3nc(/N=N/N(CC)CC)n[nH]3)nn2)n1. The second kappa shape index (κ2) is 11.1. The average Bonchev–Trinajstić information content (AvgIpc) is 3.46. The molecular formula is C14H24N18. The fourth-order valence-electron chi connectivity index (χ4n) is 2.16. The molecule has 18 nitrogen and oxygen atoms in total. The highest BCUT2D eigenvalue weighted by Crippen LogP contribution is 2.13. The van der Waals surface area contributed by atoms with Crippen molar-refractivity contribution >= 4 is 35.7 Å². The Kier molecular flexibility index (Phi) is 7.76. The van der Waals surface area contributed by atoms with Crippen molar-refractivity contribution < 1.29 is 0 Å². The molecule has 0 unspecified atom stereocenters. The van der Waals surface area contributed by atoms with Crippen molar-refractivity contribution in [3.05, 3.63) is 0 Å².